The maximum atomic E-state index is 12.6. The van der Waals surface area contributed by atoms with Crippen molar-refractivity contribution in [3.63, 3.8) is 0 Å². The number of piperazine rings is 2. The van der Waals surface area contributed by atoms with Crippen LogP contribution in [0.2, 0.25) is 0 Å². The van der Waals surface area contributed by atoms with Crippen LogP contribution in [0.25, 0.3) is 22.3 Å². The van der Waals surface area contributed by atoms with Gasteiger partial charge < -0.3 is 61.2 Å². The highest BCUT2D eigenvalue weighted by molar-refractivity contribution is 7.17. The number of halogens is 4. The number of carboxylic acid groups (broad SMARTS) is 2. The van der Waals surface area contributed by atoms with E-state index in [0.717, 1.165) is 63.0 Å². The summed E-state index contributed by atoms with van der Waals surface area (Å²) in [4.78, 5) is 77.3. The number of hydrogen-bond donors (Lipinski definition) is 7. The lowest BCUT2D eigenvalue weighted by molar-refractivity contribution is -0.0505. The van der Waals surface area contributed by atoms with E-state index < -0.39 is 25.2 Å². The number of amides is 2. The number of pyridine rings is 3. The molecule has 0 atom stereocenters. The summed E-state index contributed by atoms with van der Waals surface area (Å²) in [5.41, 5.74) is 9.81. The van der Waals surface area contributed by atoms with Crippen molar-refractivity contribution in [3.8, 4) is 33.8 Å². The number of carbonyl (C=O) groups is 4. The van der Waals surface area contributed by atoms with E-state index in [0.29, 0.717) is 47.2 Å². The molecule has 0 bridgehead atoms. The number of hydrogen-bond acceptors (Lipinski definition) is 19. The molecule has 2 aliphatic rings. The van der Waals surface area contributed by atoms with E-state index in [4.69, 9.17) is 20.7 Å². The van der Waals surface area contributed by atoms with Crippen molar-refractivity contribution in [2.75, 3.05) is 68.7 Å². The predicted molar refractivity (Wildman–Crippen MR) is 309 cm³/mol. The summed E-state index contributed by atoms with van der Waals surface area (Å²) >= 11 is 0. The zero-order valence-electron chi connectivity index (χ0n) is 45.0. The van der Waals surface area contributed by atoms with E-state index in [2.05, 4.69) is 81.1 Å². The normalized spacial score (nSPS) is 12.5. The Balaban J connectivity index is 0.000000255. The van der Waals surface area contributed by atoms with E-state index in [-0.39, 0.29) is 53.6 Å². The molecule has 2 fully saturated rings. The molecule has 7 heterocycles. The largest absolute Gasteiger partial charge is 0.478 e. The summed E-state index contributed by atoms with van der Waals surface area (Å²) in [7, 11) is 10.0. The summed E-state index contributed by atoms with van der Waals surface area (Å²) in [6.45, 7) is 6.00. The quantitative estimate of drug-likeness (QED) is 0.0444. The van der Waals surface area contributed by atoms with Crippen molar-refractivity contribution in [1.29, 1.82) is 0 Å². The number of anilines is 5. The lowest BCUT2D eigenvalue weighted by Crippen LogP contribution is -2.48. The summed E-state index contributed by atoms with van der Waals surface area (Å²) in [6.07, 6.45) is 14.6. The fourth-order valence-corrected chi connectivity index (χ4v) is 7.05. The molecule has 5 aromatic heterocycles. The number of ether oxygens (including phenoxy) is 3. The molecule has 2 aromatic carbocycles. The van der Waals surface area contributed by atoms with E-state index in [1.807, 2.05) is 20.8 Å². The van der Waals surface area contributed by atoms with Crippen LogP contribution < -0.4 is 36.5 Å². The van der Waals surface area contributed by atoms with Gasteiger partial charge in [-0.15, -0.1) is 0 Å². The minimum absolute atomic E-state index is 0. The third-order valence-corrected chi connectivity index (χ3v) is 10.8. The van der Waals surface area contributed by atoms with Gasteiger partial charge in [-0.25, -0.2) is 34.3 Å². The number of nitrogens with zero attached hydrogens (tertiary/aromatic N) is 9. The fraction of sp³-hybridized carbons (Fsp3) is 0.278. The summed E-state index contributed by atoms with van der Waals surface area (Å²) in [5.74, 6) is -1.41. The van der Waals surface area contributed by atoms with E-state index >= 15 is 0 Å². The lowest BCUT2D eigenvalue weighted by Gasteiger charge is -2.30. The van der Waals surface area contributed by atoms with Crippen molar-refractivity contribution in [2.24, 2.45) is 0 Å². The van der Waals surface area contributed by atoms with Crippen LogP contribution in [0.3, 0.4) is 0 Å². The van der Waals surface area contributed by atoms with Crippen molar-refractivity contribution in [3.05, 3.63) is 145 Å². The van der Waals surface area contributed by atoms with Gasteiger partial charge in [0.25, 0.3) is 5.91 Å². The number of nitrogen functional groups attached to an aromatic ring is 1. The number of aromatic nitrogens is 7. The molecule has 2 aliphatic heterocycles. The van der Waals surface area contributed by atoms with Gasteiger partial charge in [0.1, 0.15) is 17.1 Å². The number of nitrogens with one attached hydrogen (secondary N) is 4. The molecule has 30 heteroatoms. The van der Waals surface area contributed by atoms with Crippen LogP contribution in [0, 0.1) is 0 Å². The Morgan fingerprint density at radius 2 is 0.952 bits per heavy atom. The highest BCUT2D eigenvalue weighted by Gasteiger charge is 2.23. The summed E-state index contributed by atoms with van der Waals surface area (Å²) in [6, 6.07) is 16.8. The molecule has 7 aromatic rings. The number of alkyl halides is 4. The number of carboxylic acids is 2. The van der Waals surface area contributed by atoms with Crippen molar-refractivity contribution in [2.45, 2.75) is 47.0 Å². The Morgan fingerprint density at radius 3 is 1.32 bits per heavy atom. The minimum atomic E-state index is -2.87. The Morgan fingerprint density at radius 1 is 0.583 bits per heavy atom. The maximum Gasteiger partial charge on any atom is 0.410 e. The van der Waals surface area contributed by atoms with Gasteiger partial charge >= 0.3 is 31.3 Å². The second kappa shape index (κ2) is 34.1. The van der Waals surface area contributed by atoms with Crippen LogP contribution >= 0.6 is 0 Å². The van der Waals surface area contributed by atoms with Crippen LogP contribution in [-0.4, -0.2) is 173 Å². The standard InChI is InChI=1S/C21H20F2N6O2.C17H12F2N4O3.C9H18N2O2.C6H6N2O2.CH4.B3/c22-20(23)31-18-3-1-14(2-4-18)16-11-26-21(27-12-16)28-17-9-15(10-25-13-17)19(30)29-7-5-24-6-8-29;18-16(19)26-14-3-1-10(2-4-14)12-7-21-17(22-8-12)23-13-5-11(15(24)25)6-20-9-13;1-9(2,3)13-8(12)11-6-4-10-5-7-11;7-5-1-4(6(9)10)2-8-3-5;;1-3-2/h1-4,9-13,20,24H,5-8H2,(H,26,27,28);1-9,16H,(H,24,25)(H,21,22,23);10H,4-7H2,1-3H3;1-3H,7H2,(H,9,10);1H4;. The second-order valence-electron chi connectivity index (χ2n) is 18.1. The molecule has 23 nitrogen and oxygen atoms in total. The SMILES string of the molecule is C.CC(C)(C)OC(=O)N1CCNCC1.Nc1cncc(C(=O)O)c1.O=C(O)c1cncc(Nc2ncc(-c3ccc(OC(F)F)cc3)cn2)c1.O=C(c1cncc(Nc2ncc(-c3ccc(OC(F)F)cc3)cn2)c1)N1CCNCC1.[B][B][B]. The van der Waals surface area contributed by atoms with Gasteiger partial charge in [0.05, 0.1) is 46.1 Å². The topological polar surface area (TPSA) is 307 Å². The fourth-order valence-electron chi connectivity index (χ4n) is 7.05. The lowest BCUT2D eigenvalue weighted by atomic mass is 9.40. The van der Waals surface area contributed by atoms with Gasteiger partial charge in [-0.2, -0.15) is 17.6 Å². The third kappa shape index (κ3) is 23.6. The molecular weight excluding hydrogens is 1100 g/mol. The molecule has 2 amide bonds. The average Bonchev–Trinajstić information content (AvgIpc) is 3.67. The molecule has 2 saturated heterocycles. The zero-order valence-corrected chi connectivity index (χ0v) is 45.0. The van der Waals surface area contributed by atoms with E-state index in [1.165, 1.54) is 61.2 Å². The highest BCUT2D eigenvalue weighted by atomic mass is 19.3. The second-order valence-corrected chi connectivity index (χ2v) is 18.1. The van der Waals surface area contributed by atoms with Crippen molar-refractivity contribution >= 4 is 75.4 Å². The highest BCUT2D eigenvalue weighted by Crippen LogP contribution is 2.25. The average molecular weight is 1160 g/mol. The number of carbonyl (C=O) groups excluding carboxylic acids is 2. The van der Waals surface area contributed by atoms with Gasteiger partial charge in [-0.05, 0) is 74.4 Å². The molecule has 0 saturated carbocycles. The van der Waals surface area contributed by atoms with Crippen LogP contribution in [0.4, 0.5) is 51.3 Å². The Kier molecular flexibility index (Phi) is 27.2. The molecule has 5 radical (unpaired) electrons. The molecule has 8 N–H and O–H groups in total. The zero-order chi connectivity index (χ0) is 60.3. The van der Waals surface area contributed by atoms with Gasteiger partial charge in [0.15, 0.2) is 0 Å². The van der Waals surface area contributed by atoms with Gasteiger partial charge in [-0.3, -0.25) is 19.7 Å². The van der Waals surface area contributed by atoms with Crippen LogP contribution in [0.1, 0.15) is 59.3 Å². The van der Waals surface area contributed by atoms with E-state index in [1.54, 1.807) is 77.3 Å². The third-order valence-electron chi connectivity index (χ3n) is 10.8. The molecule has 9 rings (SSSR count). The van der Waals surface area contributed by atoms with Crippen molar-refractivity contribution in [1.82, 2.24) is 55.3 Å². The Hall–Kier alpha value is -9.44. The Bertz CT molecular complexity index is 3150. The molecule has 84 heavy (non-hydrogen) atoms. The van der Waals surface area contributed by atoms with Crippen LogP contribution in [0.5, 0.6) is 11.5 Å². The first-order valence-electron chi connectivity index (χ1n) is 25.0. The van der Waals surface area contributed by atoms with Crippen molar-refractivity contribution < 1.29 is 61.2 Å². The molecule has 0 unspecified atom stereocenters. The van der Waals surface area contributed by atoms with Crippen LogP contribution in [-0.2, 0) is 4.74 Å². The maximum absolute atomic E-state index is 12.6. The molecule has 0 aliphatic carbocycles. The van der Waals surface area contributed by atoms with Gasteiger partial charge in [0.2, 0.25) is 11.9 Å². The Labute approximate surface area is 485 Å². The predicted octanol–water partition coefficient (Wildman–Crippen LogP) is 7.19. The summed E-state index contributed by atoms with van der Waals surface area (Å²) in [5, 5.41) is 29.7. The van der Waals surface area contributed by atoms with Gasteiger partial charge in [-0.1, -0.05) is 31.7 Å². The van der Waals surface area contributed by atoms with Crippen LogP contribution in [0.15, 0.2) is 129 Å². The molecule has 0 spiro atoms. The first kappa shape index (κ1) is 67.1. The minimum Gasteiger partial charge on any atom is -0.478 e. The number of rotatable bonds is 13. The smallest absolute Gasteiger partial charge is 0.410 e. The molecule has 437 valence electrons. The first-order valence-corrected chi connectivity index (χ1v) is 25.0. The van der Waals surface area contributed by atoms with Gasteiger partial charge in [0, 0.05) is 136 Å². The number of nitrogens with two attached hydrogens (primary N) is 1. The summed E-state index contributed by atoms with van der Waals surface area (Å²) < 4.78 is 62.7. The molecular formula is C54H60B3F4N14O9. The monoisotopic (exact) mass is 1160 g/mol. The number of benzene rings is 2. The van der Waals surface area contributed by atoms with E-state index in [9.17, 15) is 36.7 Å². The number of aromatic carboxylic acids is 2. The first-order chi connectivity index (χ1) is 39.7.